The lowest BCUT2D eigenvalue weighted by Gasteiger charge is -2.37. The van der Waals surface area contributed by atoms with Crippen molar-refractivity contribution in [2.75, 3.05) is 13.1 Å². The molecule has 14 heavy (non-hydrogen) atoms. The fourth-order valence-corrected chi connectivity index (χ4v) is 2.54. The zero-order valence-corrected chi connectivity index (χ0v) is 9.71. The van der Waals surface area contributed by atoms with Crippen molar-refractivity contribution in [3.63, 3.8) is 0 Å². The molecule has 1 fully saturated rings. The molecule has 2 nitrogen and oxygen atoms in total. The number of hydrogen-bond donors (Lipinski definition) is 1. The summed E-state index contributed by atoms with van der Waals surface area (Å²) < 4.78 is 0. The summed E-state index contributed by atoms with van der Waals surface area (Å²) in [6, 6.07) is 0.448. The Morgan fingerprint density at radius 3 is 2.14 bits per heavy atom. The van der Waals surface area contributed by atoms with E-state index in [2.05, 4.69) is 18.7 Å². The summed E-state index contributed by atoms with van der Waals surface area (Å²) in [5.41, 5.74) is 0. The van der Waals surface area contributed by atoms with Gasteiger partial charge in [-0.25, -0.2) is 0 Å². The van der Waals surface area contributed by atoms with E-state index in [1.807, 2.05) is 0 Å². The van der Waals surface area contributed by atoms with Crippen LogP contribution >= 0.6 is 0 Å². The Balaban J connectivity index is 2.46. The highest BCUT2D eigenvalue weighted by Crippen LogP contribution is 2.23. The summed E-state index contributed by atoms with van der Waals surface area (Å²) in [6.45, 7) is 6.74. The Hall–Kier alpha value is -0.0800. The number of aliphatic hydroxyl groups excluding tert-OH is 1. The van der Waals surface area contributed by atoms with E-state index in [0.717, 1.165) is 19.5 Å². The molecule has 1 aliphatic rings. The van der Waals surface area contributed by atoms with Crippen molar-refractivity contribution in [3.05, 3.63) is 0 Å². The summed E-state index contributed by atoms with van der Waals surface area (Å²) in [5, 5.41) is 9.95. The molecule has 0 aromatic rings. The van der Waals surface area contributed by atoms with E-state index in [0.29, 0.717) is 6.04 Å². The zero-order chi connectivity index (χ0) is 10.4. The second-order valence-corrected chi connectivity index (χ2v) is 4.46. The van der Waals surface area contributed by atoms with Gasteiger partial charge in [0.1, 0.15) is 0 Å². The van der Waals surface area contributed by atoms with Gasteiger partial charge in [0.15, 0.2) is 0 Å². The first-order chi connectivity index (χ1) is 6.79. The highest BCUT2D eigenvalue weighted by Gasteiger charge is 2.27. The van der Waals surface area contributed by atoms with E-state index in [-0.39, 0.29) is 6.10 Å². The lowest BCUT2D eigenvalue weighted by Crippen LogP contribution is -2.46. The Kier molecular flexibility index (Phi) is 5.49. The highest BCUT2D eigenvalue weighted by molar-refractivity contribution is 4.82. The topological polar surface area (TPSA) is 23.5 Å². The summed E-state index contributed by atoms with van der Waals surface area (Å²) in [7, 11) is 0. The van der Waals surface area contributed by atoms with Gasteiger partial charge in [-0.1, -0.05) is 26.7 Å². The molecule has 0 aromatic carbocycles. The van der Waals surface area contributed by atoms with Gasteiger partial charge in [0.05, 0.1) is 6.10 Å². The average Bonchev–Trinajstić information content (AvgIpc) is 2.18. The van der Waals surface area contributed by atoms with Gasteiger partial charge in [0.25, 0.3) is 0 Å². The van der Waals surface area contributed by atoms with Crippen molar-refractivity contribution < 1.29 is 5.11 Å². The van der Waals surface area contributed by atoms with E-state index in [9.17, 15) is 5.11 Å². The molecule has 1 N–H and O–H groups in total. The van der Waals surface area contributed by atoms with Crippen molar-refractivity contribution >= 4 is 0 Å². The Labute approximate surface area is 88.3 Å². The van der Waals surface area contributed by atoms with Crippen LogP contribution < -0.4 is 0 Å². The number of rotatable bonds is 5. The molecule has 0 saturated heterocycles. The van der Waals surface area contributed by atoms with Gasteiger partial charge in [-0.05, 0) is 38.8 Å². The maximum atomic E-state index is 9.95. The SMILES string of the molecule is CCCN(CCC)[C@@H]1CCCC[C@H]1O. The third kappa shape index (κ3) is 3.25. The summed E-state index contributed by atoms with van der Waals surface area (Å²) in [5.74, 6) is 0. The van der Waals surface area contributed by atoms with Crippen molar-refractivity contribution in [2.45, 2.75) is 64.5 Å². The molecule has 0 amide bonds. The van der Waals surface area contributed by atoms with Gasteiger partial charge in [0, 0.05) is 6.04 Å². The standard InChI is InChI=1S/C12H25NO/c1-3-9-13(10-4-2)11-7-5-6-8-12(11)14/h11-12,14H,3-10H2,1-2H3/t11-,12-/m1/s1. The fraction of sp³-hybridized carbons (Fsp3) is 1.00. The molecule has 0 heterocycles. The van der Waals surface area contributed by atoms with E-state index in [1.165, 1.54) is 32.1 Å². The normalized spacial score (nSPS) is 28.3. The van der Waals surface area contributed by atoms with Crippen molar-refractivity contribution in [1.82, 2.24) is 4.90 Å². The van der Waals surface area contributed by atoms with Crippen molar-refractivity contribution in [1.29, 1.82) is 0 Å². The summed E-state index contributed by atoms with van der Waals surface area (Å²) >= 11 is 0. The molecule has 0 aromatic heterocycles. The van der Waals surface area contributed by atoms with E-state index < -0.39 is 0 Å². The largest absolute Gasteiger partial charge is 0.391 e. The molecule has 2 heteroatoms. The maximum Gasteiger partial charge on any atom is 0.0695 e. The molecular weight excluding hydrogens is 174 g/mol. The Morgan fingerprint density at radius 1 is 1.07 bits per heavy atom. The first-order valence-corrected chi connectivity index (χ1v) is 6.21. The fourth-order valence-electron chi connectivity index (χ4n) is 2.54. The van der Waals surface area contributed by atoms with Crippen LogP contribution in [0.1, 0.15) is 52.4 Å². The summed E-state index contributed by atoms with van der Waals surface area (Å²) in [6.07, 6.45) is 7.04. The molecule has 1 saturated carbocycles. The number of aliphatic hydroxyl groups is 1. The zero-order valence-electron chi connectivity index (χ0n) is 9.71. The van der Waals surface area contributed by atoms with E-state index in [1.54, 1.807) is 0 Å². The van der Waals surface area contributed by atoms with Crippen LogP contribution in [0.5, 0.6) is 0 Å². The first kappa shape index (κ1) is 12.0. The molecule has 0 spiro atoms. The molecular formula is C12H25NO. The van der Waals surface area contributed by atoms with Gasteiger partial charge in [-0.2, -0.15) is 0 Å². The van der Waals surface area contributed by atoms with Crippen LogP contribution in [0.15, 0.2) is 0 Å². The van der Waals surface area contributed by atoms with E-state index in [4.69, 9.17) is 0 Å². The third-order valence-corrected chi connectivity index (χ3v) is 3.18. The quantitative estimate of drug-likeness (QED) is 0.735. The van der Waals surface area contributed by atoms with Gasteiger partial charge in [0.2, 0.25) is 0 Å². The summed E-state index contributed by atoms with van der Waals surface area (Å²) in [4.78, 5) is 2.49. The second-order valence-electron chi connectivity index (χ2n) is 4.46. The van der Waals surface area contributed by atoms with Crippen LogP contribution in [0.3, 0.4) is 0 Å². The maximum absolute atomic E-state index is 9.95. The lowest BCUT2D eigenvalue weighted by molar-refractivity contribution is 0.0197. The molecule has 1 rings (SSSR count). The monoisotopic (exact) mass is 199 g/mol. The number of nitrogens with zero attached hydrogens (tertiary/aromatic N) is 1. The molecule has 0 unspecified atom stereocenters. The third-order valence-electron chi connectivity index (χ3n) is 3.18. The van der Waals surface area contributed by atoms with Crippen LogP contribution in [-0.2, 0) is 0 Å². The Bertz CT molecular complexity index is 143. The average molecular weight is 199 g/mol. The predicted molar refractivity (Wildman–Crippen MR) is 60.4 cm³/mol. The van der Waals surface area contributed by atoms with Crippen molar-refractivity contribution in [3.8, 4) is 0 Å². The van der Waals surface area contributed by atoms with Crippen LogP contribution in [-0.4, -0.2) is 35.2 Å². The predicted octanol–water partition coefficient (Wildman–Crippen LogP) is 2.41. The molecule has 2 atom stereocenters. The minimum atomic E-state index is -0.0677. The van der Waals surface area contributed by atoms with Gasteiger partial charge in [-0.15, -0.1) is 0 Å². The van der Waals surface area contributed by atoms with Crippen LogP contribution in [0.25, 0.3) is 0 Å². The van der Waals surface area contributed by atoms with Crippen LogP contribution in [0.2, 0.25) is 0 Å². The highest BCUT2D eigenvalue weighted by atomic mass is 16.3. The molecule has 0 aliphatic heterocycles. The molecule has 0 bridgehead atoms. The van der Waals surface area contributed by atoms with Crippen LogP contribution in [0, 0.1) is 0 Å². The molecule has 0 radical (unpaired) electrons. The second kappa shape index (κ2) is 6.41. The smallest absolute Gasteiger partial charge is 0.0695 e. The minimum Gasteiger partial charge on any atom is -0.391 e. The Morgan fingerprint density at radius 2 is 1.64 bits per heavy atom. The van der Waals surface area contributed by atoms with Gasteiger partial charge in [-0.3, -0.25) is 4.90 Å². The van der Waals surface area contributed by atoms with Crippen molar-refractivity contribution in [2.24, 2.45) is 0 Å². The first-order valence-electron chi connectivity index (χ1n) is 6.21. The van der Waals surface area contributed by atoms with Gasteiger partial charge < -0.3 is 5.11 Å². The number of hydrogen-bond acceptors (Lipinski definition) is 2. The van der Waals surface area contributed by atoms with Crippen LogP contribution in [0.4, 0.5) is 0 Å². The molecule has 84 valence electrons. The van der Waals surface area contributed by atoms with Gasteiger partial charge >= 0.3 is 0 Å². The lowest BCUT2D eigenvalue weighted by atomic mass is 9.91. The molecule has 1 aliphatic carbocycles. The van der Waals surface area contributed by atoms with E-state index >= 15 is 0 Å². The minimum absolute atomic E-state index is 0.0677.